The third-order valence-electron chi connectivity index (χ3n) is 3.08. The number of ether oxygens (including phenoxy) is 1. The van der Waals surface area contributed by atoms with E-state index in [-0.39, 0.29) is 5.91 Å². The van der Waals surface area contributed by atoms with Crippen molar-refractivity contribution in [3.63, 3.8) is 0 Å². The van der Waals surface area contributed by atoms with Crippen LogP contribution < -0.4 is 5.73 Å². The zero-order valence-corrected chi connectivity index (χ0v) is 10.5. The summed E-state index contributed by atoms with van der Waals surface area (Å²) in [5, 5.41) is 0. The van der Waals surface area contributed by atoms with Crippen LogP contribution in [0, 0.1) is 5.92 Å². The molecule has 2 rings (SSSR count). The van der Waals surface area contributed by atoms with Gasteiger partial charge in [0.1, 0.15) is 5.82 Å². The first kappa shape index (κ1) is 12.8. The Bertz CT molecular complexity index is 407. The van der Waals surface area contributed by atoms with Gasteiger partial charge in [-0.05, 0) is 12.3 Å². The summed E-state index contributed by atoms with van der Waals surface area (Å²) in [5.74, 6) is 0.927. The number of carbonyl (C=O) groups excluding carboxylic acids is 1. The molecule has 6 heteroatoms. The molecular formula is C12H18N4O2. The van der Waals surface area contributed by atoms with Gasteiger partial charge in [0.05, 0.1) is 24.7 Å². The summed E-state index contributed by atoms with van der Waals surface area (Å²) in [4.78, 5) is 21.8. The highest BCUT2D eigenvalue weighted by atomic mass is 16.5. The Kier molecular flexibility index (Phi) is 4.09. The Balaban J connectivity index is 1.88. The van der Waals surface area contributed by atoms with Crippen LogP contribution in [0.1, 0.15) is 12.1 Å². The molecule has 0 saturated carbocycles. The van der Waals surface area contributed by atoms with Gasteiger partial charge >= 0.3 is 0 Å². The second-order valence-corrected chi connectivity index (χ2v) is 4.54. The number of likely N-dealkylation sites (tertiary alicyclic amines) is 1. The molecule has 1 aromatic rings. The lowest BCUT2D eigenvalue weighted by molar-refractivity contribution is -0.128. The summed E-state index contributed by atoms with van der Waals surface area (Å²) in [6.07, 6.45) is 4.57. The summed E-state index contributed by atoms with van der Waals surface area (Å²) in [5.41, 5.74) is 6.37. The molecule has 98 valence electrons. The minimum absolute atomic E-state index is 0.195. The van der Waals surface area contributed by atoms with E-state index >= 15 is 0 Å². The maximum Gasteiger partial charge on any atom is 0.223 e. The number of nitrogens with zero attached hydrogens (tertiary/aromatic N) is 3. The van der Waals surface area contributed by atoms with Gasteiger partial charge in [-0.1, -0.05) is 0 Å². The predicted molar refractivity (Wildman–Crippen MR) is 66.7 cm³/mol. The van der Waals surface area contributed by atoms with E-state index in [1.54, 1.807) is 19.5 Å². The highest BCUT2D eigenvalue weighted by molar-refractivity contribution is 5.78. The lowest BCUT2D eigenvalue weighted by Crippen LogP contribution is -2.29. The van der Waals surface area contributed by atoms with Gasteiger partial charge < -0.3 is 15.4 Å². The van der Waals surface area contributed by atoms with Crippen molar-refractivity contribution in [3.8, 4) is 0 Å². The smallest absolute Gasteiger partial charge is 0.223 e. The van der Waals surface area contributed by atoms with E-state index in [4.69, 9.17) is 10.5 Å². The molecule has 0 unspecified atom stereocenters. The molecule has 6 nitrogen and oxygen atoms in total. The maximum absolute atomic E-state index is 11.7. The van der Waals surface area contributed by atoms with Crippen molar-refractivity contribution in [3.05, 3.63) is 18.1 Å². The molecule has 1 aromatic heterocycles. The Labute approximate surface area is 106 Å². The van der Waals surface area contributed by atoms with E-state index in [1.165, 1.54) is 0 Å². The van der Waals surface area contributed by atoms with Crippen molar-refractivity contribution in [2.24, 2.45) is 5.92 Å². The average Bonchev–Trinajstić information content (AvgIpc) is 2.70. The van der Waals surface area contributed by atoms with E-state index < -0.39 is 0 Å². The van der Waals surface area contributed by atoms with Gasteiger partial charge in [-0.25, -0.2) is 4.98 Å². The Morgan fingerprint density at radius 1 is 1.50 bits per heavy atom. The summed E-state index contributed by atoms with van der Waals surface area (Å²) in [6, 6.07) is 0. The molecule has 0 bridgehead atoms. The van der Waals surface area contributed by atoms with E-state index in [2.05, 4.69) is 9.97 Å². The number of amides is 1. The highest BCUT2D eigenvalue weighted by Gasteiger charge is 2.29. The molecule has 2 N–H and O–H groups in total. The number of hydrogen-bond donors (Lipinski definition) is 1. The number of hydrogen-bond acceptors (Lipinski definition) is 5. The molecule has 1 aliphatic heterocycles. The molecule has 0 spiro atoms. The van der Waals surface area contributed by atoms with Gasteiger partial charge in [-0.2, -0.15) is 0 Å². The van der Waals surface area contributed by atoms with E-state index in [0.717, 1.165) is 18.7 Å². The molecule has 18 heavy (non-hydrogen) atoms. The molecule has 1 atom stereocenters. The highest BCUT2D eigenvalue weighted by Crippen LogP contribution is 2.20. The van der Waals surface area contributed by atoms with Crippen molar-refractivity contribution in [2.75, 3.05) is 32.5 Å². The zero-order valence-electron chi connectivity index (χ0n) is 10.5. The summed E-state index contributed by atoms with van der Waals surface area (Å²) in [6.45, 7) is 2.02. The van der Waals surface area contributed by atoms with Crippen LogP contribution >= 0.6 is 0 Å². The molecular weight excluding hydrogens is 232 g/mol. The quantitative estimate of drug-likeness (QED) is 0.801. The first-order chi connectivity index (χ1) is 8.69. The number of carbonyl (C=O) groups is 1. The molecule has 0 aromatic carbocycles. The summed E-state index contributed by atoms with van der Waals surface area (Å²) in [7, 11) is 1.64. The number of nitrogen functional groups attached to an aromatic ring is 1. The van der Waals surface area contributed by atoms with E-state index in [1.807, 2.05) is 4.90 Å². The van der Waals surface area contributed by atoms with Crippen LogP contribution in [-0.4, -0.2) is 47.6 Å². The Morgan fingerprint density at radius 2 is 2.33 bits per heavy atom. The van der Waals surface area contributed by atoms with Crippen molar-refractivity contribution in [1.82, 2.24) is 14.9 Å². The predicted octanol–water partition coefficient (Wildman–Crippen LogP) is 0.0962. The van der Waals surface area contributed by atoms with Gasteiger partial charge in [0.15, 0.2) is 0 Å². The fourth-order valence-corrected chi connectivity index (χ4v) is 2.17. The number of methoxy groups -OCH3 is 1. The lowest BCUT2D eigenvalue weighted by atomic mass is 10.0. The zero-order chi connectivity index (χ0) is 13.0. The van der Waals surface area contributed by atoms with Crippen LogP contribution in [-0.2, 0) is 16.0 Å². The van der Waals surface area contributed by atoms with Crippen LogP contribution in [0.3, 0.4) is 0 Å². The number of anilines is 1. The van der Waals surface area contributed by atoms with Crippen LogP contribution in [0.15, 0.2) is 12.4 Å². The molecule has 1 aliphatic rings. The van der Waals surface area contributed by atoms with Crippen molar-refractivity contribution >= 4 is 11.7 Å². The minimum atomic E-state index is 0.195. The van der Waals surface area contributed by atoms with Crippen molar-refractivity contribution in [2.45, 2.75) is 12.8 Å². The first-order valence-corrected chi connectivity index (χ1v) is 6.02. The maximum atomic E-state index is 11.7. The largest absolute Gasteiger partial charge is 0.383 e. The second-order valence-electron chi connectivity index (χ2n) is 4.54. The van der Waals surface area contributed by atoms with Crippen LogP contribution in [0.25, 0.3) is 0 Å². The third-order valence-corrected chi connectivity index (χ3v) is 3.08. The van der Waals surface area contributed by atoms with Gasteiger partial charge in [-0.3, -0.25) is 9.78 Å². The molecule has 1 amide bonds. The Hall–Kier alpha value is -1.69. The number of rotatable bonds is 5. The first-order valence-electron chi connectivity index (χ1n) is 6.02. The average molecular weight is 250 g/mol. The molecule has 1 saturated heterocycles. The van der Waals surface area contributed by atoms with Crippen LogP contribution in [0.5, 0.6) is 0 Å². The second kappa shape index (κ2) is 5.77. The van der Waals surface area contributed by atoms with Crippen molar-refractivity contribution < 1.29 is 9.53 Å². The van der Waals surface area contributed by atoms with E-state index in [9.17, 15) is 4.79 Å². The normalized spacial score (nSPS) is 19.5. The molecule has 0 radical (unpaired) electrons. The lowest BCUT2D eigenvalue weighted by Gasteiger charge is -2.15. The fourth-order valence-electron chi connectivity index (χ4n) is 2.17. The van der Waals surface area contributed by atoms with Gasteiger partial charge in [0, 0.05) is 26.6 Å². The van der Waals surface area contributed by atoms with E-state index in [0.29, 0.717) is 31.3 Å². The number of aromatic nitrogens is 2. The summed E-state index contributed by atoms with van der Waals surface area (Å²) < 4.78 is 4.99. The summed E-state index contributed by atoms with van der Waals surface area (Å²) >= 11 is 0. The van der Waals surface area contributed by atoms with Gasteiger partial charge in [0.25, 0.3) is 0 Å². The standard InChI is InChI=1S/C12H18N4O2/c1-18-3-2-16-8-9(5-12(16)17)4-10-6-15-11(13)7-14-10/h6-7,9H,2-5,8H2,1H3,(H2,13,15)/t9-/m0/s1. The van der Waals surface area contributed by atoms with Crippen LogP contribution in [0.2, 0.25) is 0 Å². The molecule has 2 heterocycles. The van der Waals surface area contributed by atoms with Crippen LogP contribution in [0.4, 0.5) is 5.82 Å². The topological polar surface area (TPSA) is 81.3 Å². The Morgan fingerprint density at radius 3 is 3.00 bits per heavy atom. The van der Waals surface area contributed by atoms with Crippen molar-refractivity contribution in [1.29, 1.82) is 0 Å². The fraction of sp³-hybridized carbons (Fsp3) is 0.583. The van der Waals surface area contributed by atoms with Gasteiger partial charge in [0.2, 0.25) is 5.91 Å². The number of nitrogens with two attached hydrogens (primary N) is 1. The molecule has 1 fully saturated rings. The molecule has 0 aliphatic carbocycles. The minimum Gasteiger partial charge on any atom is -0.383 e. The third kappa shape index (κ3) is 3.16. The SMILES string of the molecule is COCCN1C[C@@H](Cc2cnc(N)cn2)CC1=O. The van der Waals surface area contributed by atoms with Gasteiger partial charge in [-0.15, -0.1) is 0 Å². The monoisotopic (exact) mass is 250 g/mol.